The third kappa shape index (κ3) is 5.80. The van der Waals surface area contributed by atoms with E-state index in [2.05, 4.69) is 20.9 Å². The van der Waals surface area contributed by atoms with Gasteiger partial charge in [0, 0.05) is 43.2 Å². The van der Waals surface area contributed by atoms with E-state index in [9.17, 15) is 27.2 Å². The number of pyridine rings is 1. The molecule has 0 aliphatic heterocycles. The second-order valence-corrected chi connectivity index (χ2v) is 7.21. The van der Waals surface area contributed by atoms with Crippen LogP contribution in [-0.4, -0.2) is 29.9 Å². The molecule has 3 rings (SSSR count). The highest BCUT2D eigenvalue weighted by Gasteiger charge is 2.53. The smallest absolute Gasteiger partial charge is 0.335 e. The van der Waals surface area contributed by atoms with Crippen LogP contribution in [0.25, 0.3) is 0 Å². The number of nitrogens with one attached hydrogen (secondary N) is 3. The number of benzene rings is 2. The van der Waals surface area contributed by atoms with Gasteiger partial charge in [0.25, 0.3) is 5.91 Å². The van der Waals surface area contributed by atoms with Crippen molar-refractivity contribution in [1.82, 2.24) is 10.3 Å². The summed E-state index contributed by atoms with van der Waals surface area (Å²) < 4.78 is 59.9. The van der Waals surface area contributed by atoms with E-state index >= 15 is 0 Å². The van der Waals surface area contributed by atoms with Crippen LogP contribution in [-0.2, 0) is 5.92 Å². The van der Waals surface area contributed by atoms with Gasteiger partial charge in [0.2, 0.25) is 0 Å². The second-order valence-electron chi connectivity index (χ2n) is 7.21. The van der Waals surface area contributed by atoms with Gasteiger partial charge in [0.1, 0.15) is 17.2 Å². The molecule has 0 saturated carbocycles. The Morgan fingerprint density at radius 1 is 0.882 bits per heavy atom. The van der Waals surface area contributed by atoms with Crippen molar-refractivity contribution in [2.75, 3.05) is 17.7 Å². The molecule has 1 heterocycles. The number of amides is 3. The number of anilines is 2. The average molecular weight is 476 g/mol. The molecule has 178 valence electrons. The molecule has 0 aliphatic rings. The second kappa shape index (κ2) is 9.77. The van der Waals surface area contributed by atoms with E-state index in [-0.39, 0.29) is 24.2 Å². The minimum atomic E-state index is -4.40. The fourth-order valence-electron chi connectivity index (χ4n) is 2.81. The molecule has 0 aliphatic carbocycles. The summed E-state index contributed by atoms with van der Waals surface area (Å²) in [7, 11) is 1.48. The SMILES string of the molecule is CNC(=O)c1cc(Oc2ccc(NC(=O)Nc3cccc(C(F)(F)C(C)(F)F)c3)cc2)ccn1. The van der Waals surface area contributed by atoms with Crippen LogP contribution < -0.4 is 20.7 Å². The van der Waals surface area contributed by atoms with E-state index in [1.807, 2.05) is 0 Å². The first kappa shape index (κ1) is 24.5. The Morgan fingerprint density at radius 2 is 1.56 bits per heavy atom. The molecule has 2 aromatic carbocycles. The highest BCUT2D eigenvalue weighted by atomic mass is 19.3. The number of carbonyl (C=O) groups excluding carboxylic acids is 2. The number of hydrogen-bond acceptors (Lipinski definition) is 4. The standard InChI is InChI=1S/C23H20F4N4O3/c1-22(24,25)23(26,27)14-4-3-5-16(12-14)31-21(33)30-15-6-8-17(9-7-15)34-18-10-11-29-19(13-18)20(32)28-2/h3-13H,1-2H3,(H,28,32)(H2,30,31,33). The zero-order valence-corrected chi connectivity index (χ0v) is 18.0. The van der Waals surface area contributed by atoms with Crippen LogP contribution in [0.2, 0.25) is 0 Å². The zero-order chi connectivity index (χ0) is 24.9. The lowest BCUT2D eigenvalue weighted by Gasteiger charge is -2.23. The highest BCUT2D eigenvalue weighted by molar-refractivity contribution is 5.99. The summed E-state index contributed by atoms with van der Waals surface area (Å²) >= 11 is 0. The summed E-state index contributed by atoms with van der Waals surface area (Å²) in [6, 6.07) is 12.5. The van der Waals surface area contributed by atoms with Gasteiger partial charge >= 0.3 is 17.9 Å². The molecule has 11 heteroatoms. The maximum absolute atomic E-state index is 13.9. The van der Waals surface area contributed by atoms with Crippen molar-refractivity contribution in [2.45, 2.75) is 18.8 Å². The number of hydrogen-bond donors (Lipinski definition) is 3. The van der Waals surface area contributed by atoms with E-state index in [1.165, 1.54) is 37.5 Å². The van der Waals surface area contributed by atoms with Gasteiger partial charge in [0.05, 0.1) is 0 Å². The van der Waals surface area contributed by atoms with E-state index < -0.39 is 23.4 Å². The van der Waals surface area contributed by atoms with Gasteiger partial charge in [-0.25, -0.2) is 4.79 Å². The van der Waals surface area contributed by atoms with Crippen LogP contribution in [0.3, 0.4) is 0 Å². The van der Waals surface area contributed by atoms with Crippen LogP contribution >= 0.6 is 0 Å². The summed E-state index contributed by atoms with van der Waals surface area (Å²) in [6.07, 6.45) is 1.42. The average Bonchev–Trinajstić information content (AvgIpc) is 2.79. The van der Waals surface area contributed by atoms with Gasteiger partial charge in [-0.1, -0.05) is 12.1 Å². The number of carbonyl (C=O) groups is 2. The summed E-state index contributed by atoms with van der Waals surface area (Å²) in [5, 5.41) is 7.28. The van der Waals surface area contributed by atoms with Gasteiger partial charge in [-0.15, -0.1) is 0 Å². The Balaban J connectivity index is 1.63. The molecule has 0 fully saturated rings. The predicted octanol–water partition coefficient (Wildman–Crippen LogP) is 5.62. The number of rotatable bonds is 7. The Kier molecular flexibility index (Phi) is 7.04. The summed E-state index contributed by atoms with van der Waals surface area (Å²) in [6.45, 7) is 0.128. The molecular weight excluding hydrogens is 456 g/mol. The number of aromatic nitrogens is 1. The Hall–Kier alpha value is -4.15. The lowest BCUT2D eigenvalue weighted by Crippen LogP contribution is -2.35. The lowest BCUT2D eigenvalue weighted by molar-refractivity contribution is -0.204. The quantitative estimate of drug-likeness (QED) is 0.386. The number of halogens is 4. The molecule has 7 nitrogen and oxygen atoms in total. The van der Waals surface area contributed by atoms with Crippen LogP contribution in [0.5, 0.6) is 11.5 Å². The molecule has 3 N–H and O–H groups in total. The van der Waals surface area contributed by atoms with Gasteiger partial charge in [0.15, 0.2) is 0 Å². The normalized spacial score (nSPS) is 11.5. The molecule has 0 bridgehead atoms. The molecule has 0 unspecified atom stereocenters. The van der Waals surface area contributed by atoms with E-state index in [1.54, 1.807) is 18.2 Å². The van der Waals surface area contributed by atoms with Gasteiger partial charge in [-0.2, -0.15) is 17.6 Å². The number of alkyl halides is 4. The highest BCUT2D eigenvalue weighted by Crippen LogP contribution is 2.43. The van der Waals surface area contributed by atoms with Gasteiger partial charge in [-0.05, 0) is 42.5 Å². The van der Waals surface area contributed by atoms with Crippen molar-refractivity contribution in [1.29, 1.82) is 0 Å². The topological polar surface area (TPSA) is 92.4 Å². The lowest BCUT2D eigenvalue weighted by atomic mass is 10.0. The molecule has 0 spiro atoms. The molecule has 0 radical (unpaired) electrons. The van der Waals surface area contributed by atoms with Crippen molar-refractivity contribution < 1.29 is 31.9 Å². The summed E-state index contributed by atoms with van der Waals surface area (Å²) in [5.74, 6) is -8.24. The summed E-state index contributed by atoms with van der Waals surface area (Å²) in [5.41, 5.74) is -0.467. The number of urea groups is 1. The molecule has 0 saturated heterocycles. The molecule has 34 heavy (non-hydrogen) atoms. The predicted molar refractivity (Wildman–Crippen MR) is 118 cm³/mol. The number of nitrogens with zero attached hydrogens (tertiary/aromatic N) is 1. The maximum Gasteiger partial charge on any atom is 0.335 e. The fourth-order valence-corrected chi connectivity index (χ4v) is 2.81. The van der Waals surface area contributed by atoms with Crippen molar-refractivity contribution in [3.63, 3.8) is 0 Å². The first-order valence-electron chi connectivity index (χ1n) is 9.90. The third-order valence-corrected chi connectivity index (χ3v) is 4.57. The van der Waals surface area contributed by atoms with Crippen molar-refractivity contribution in [3.8, 4) is 11.5 Å². The van der Waals surface area contributed by atoms with Crippen LogP contribution in [0.1, 0.15) is 23.0 Å². The van der Waals surface area contributed by atoms with Gasteiger partial charge in [-0.3, -0.25) is 9.78 Å². The van der Waals surface area contributed by atoms with E-state index in [4.69, 9.17) is 4.74 Å². The monoisotopic (exact) mass is 476 g/mol. The van der Waals surface area contributed by atoms with Crippen molar-refractivity contribution in [2.24, 2.45) is 0 Å². The Morgan fingerprint density at radius 3 is 2.21 bits per heavy atom. The van der Waals surface area contributed by atoms with E-state index in [0.717, 1.165) is 18.2 Å². The molecule has 0 atom stereocenters. The van der Waals surface area contributed by atoms with Crippen LogP contribution in [0, 0.1) is 0 Å². The first-order chi connectivity index (χ1) is 16.0. The Labute approximate surface area is 192 Å². The summed E-state index contributed by atoms with van der Waals surface area (Å²) in [4.78, 5) is 27.8. The van der Waals surface area contributed by atoms with Gasteiger partial charge < -0.3 is 20.7 Å². The molecular formula is C23H20F4N4O3. The third-order valence-electron chi connectivity index (χ3n) is 4.57. The zero-order valence-electron chi connectivity index (χ0n) is 18.0. The number of ether oxygens (including phenoxy) is 1. The molecule has 3 amide bonds. The first-order valence-corrected chi connectivity index (χ1v) is 9.90. The largest absolute Gasteiger partial charge is 0.457 e. The maximum atomic E-state index is 13.9. The van der Waals surface area contributed by atoms with Crippen molar-refractivity contribution in [3.05, 3.63) is 78.1 Å². The van der Waals surface area contributed by atoms with Crippen molar-refractivity contribution >= 4 is 23.3 Å². The van der Waals surface area contributed by atoms with Crippen LogP contribution in [0.15, 0.2) is 66.9 Å². The fraction of sp³-hybridized carbons (Fsp3) is 0.174. The minimum Gasteiger partial charge on any atom is -0.457 e. The molecule has 3 aromatic rings. The van der Waals surface area contributed by atoms with E-state index in [0.29, 0.717) is 17.2 Å². The Bertz CT molecular complexity index is 1180. The minimum absolute atomic E-state index is 0.0801. The van der Waals surface area contributed by atoms with Crippen LogP contribution in [0.4, 0.5) is 33.7 Å². The molecule has 1 aromatic heterocycles.